The molecule has 5 nitrogen and oxygen atoms in total. The Morgan fingerprint density at radius 2 is 2.00 bits per heavy atom. The van der Waals surface area contributed by atoms with Gasteiger partial charge in [-0.15, -0.1) is 0 Å². The van der Waals surface area contributed by atoms with Crippen molar-refractivity contribution in [2.45, 2.75) is 6.54 Å². The number of ether oxygens (including phenoxy) is 2. The molecule has 0 heterocycles. The zero-order valence-corrected chi connectivity index (χ0v) is 14.4. The number of carbonyl (C=O) groups is 2. The standard InChI is InChI=1S/C17H15BrFNO4/c1-23-13-4-2-3-11(7-13)9-20-16(21)10-24-17(22)14-6-5-12(18)8-15(14)19/h2-8H,9-10H2,1H3,(H,20,21). The third-order valence-corrected chi connectivity index (χ3v) is 3.60. The average Bonchev–Trinajstić information content (AvgIpc) is 2.58. The molecule has 0 aliphatic rings. The highest BCUT2D eigenvalue weighted by Gasteiger charge is 2.15. The molecule has 2 rings (SSSR count). The van der Waals surface area contributed by atoms with Crippen molar-refractivity contribution < 1.29 is 23.5 Å². The van der Waals surface area contributed by atoms with E-state index in [2.05, 4.69) is 21.2 Å². The lowest BCUT2D eigenvalue weighted by molar-refractivity contribution is -0.124. The Kier molecular flexibility index (Phi) is 6.31. The lowest BCUT2D eigenvalue weighted by Crippen LogP contribution is -2.28. The van der Waals surface area contributed by atoms with Crippen molar-refractivity contribution in [1.82, 2.24) is 5.32 Å². The van der Waals surface area contributed by atoms with Crippen LogP contribution < -0.4 is 10.1 Å². The molecule has 0 atom stereocenters. The van der Waals surface area contributed by atoms with Crippen LogP contribution in [0.2, 0.25) is 0 Å². The quantitative estimate of drug-likeness (QED) is 0.763. The fourth-order valence-electron chi connectivity index (χ4n) is 1.90. The summed E-state index contributed by atoms with van der Waals surface area (Å²) < 4.78 is 24.0. The molecule has 0 saturated carbocycles. The van der Waals surface area contributed by atoms with E-state index < -0.39 is 24.3 Å². The summed E-state index contributed by atoms with van der Waals surface area (Å²) >= 11 is 3.10. The van der Waals surface area contributed by atoms with Crippen LogP contribution in [-0.2, 0) is 16.1 Å². The molecule has 0 aliphatic heterocycles. The Morgan fingerprint density at radius 1 is 1.21 bits per heavy atom. The number of amides is 1. The van der Waals surface area contributed by atoms with E-state index in [9.17, 15) is 14.0 Å². The van der Waals surface area contributed by atoms with Crippen LogP contribution >= 0.6 is 15.9 Å². The van der Waals surface area contributed by atoms with Crippen molar-refractivity contribution in [3.8, 4) is 5.75 Å². The summed E-state index contributed by atoms with van der Waals surface area (Å²) in [5.41, 5.74) is 0.617. The molecular formula is C17H15BrFNO4. The molecule has 0 radical (unpaired) electrons. The molecule has 0 spiro atoms. The molecule has 0 aliphatic carbocycles. The third kappa shape index (κ3) is 5.06. The molecule has 2 aromatic rings. The van der Waals surface area contributed by atoms with Gasteiger partial charge in [0.05, 0.1) is 12.7 Å². The first-order valence-corrected chi connectivity index (χ1v) is 7.80. The molecule has 2 aromatic carbocycles. The lowest BCUT2D eigenvalue weighted by atomic mass is 10.2. The van der Waals surface area contributed by atoms with Gasteiger partial charge in [-0.3, -0.25) is 4.79 Å². The summed E-state index contributed by atoms with van der Waals surface area (Å²) in [6, 6.07) is 11.2. The number of methoxy groups -OCH3 is 1. The Hall–Kier alpha value is -2.41. The number of benzene rings is 2. The van der Waals surface area contributed by atoms with Crippen molar-refractivity contribution in [2.75, 3.05) is 13.7 Å². The fraction of sp³-hybridized carbons (Fsp3) is 0.176. The topological polar surface area (TPSA) is 64.6 Å². The normalized spacial score (nSPS) is 10.1. The second kappa shape index (κ2) is 8.44. The maximum absolute atomic E-state index is 13.6. The Balaban J connectivity index is 1.83. The van der Waals surface area contributed by atoms with Crippen LogP contribution in [0.3, 0.4) is 0 Å². The van der Waals surface area contributed by atoms with Gasteiger partial charge in [0.25, 0.3) is 5.91 Å². The summed E-state index contributed by atoms with van der Waals surface area (Å²) in [5.74, 6) is -1.41. The van der Waals surface area contributed by atoms with Crippen LogP contribution in [0.1, 0.15) is 15.9 Å². The van der Waals surface area contributed by atoms with Crippen molar-refractivity contribution in [2.24, 2.45) is 0 Å². The molecule has 0 bridgehead atoms. The minimum absolute atomic E-state index is 0.223. The first-order valence-electron chi connectivity index (χ1n) is 7.01. The first-order chi connectivity index (χ1) is 11.5. The van der Waals surface area contributed by atoms with Gasteiger partial charge in [-0.05, 0) is 35.9 Å². The van der Waals surface area contributed by atoms with E-state index in [0.717, 1.165) is 11.6 Å². The number of halogens is 2. The summed E-state index contributed by atoms with van der Waals surface area (Å²) in [5, 5.41) is 2.61. The van der Waals surface area contributed by atoms with Crippen LogP contribution in [0.5, 0.6) is 5.75 Å². The van der Waals surface area contributed by atoms with Gasteiger partial charge in [0.1, 0.15) is 11.6 Å². The van der Waals surface area contributed by atoms with Crippen molar-refractivity contribution >= 4 is 27.8 Å². The van der Waals surface area contributed by atoms with E-state index in [1.807, 2.05) is 6.07 Å². The van der Waals surface area contributed by atoms with Crippen LogP contribution in [0, 0.1) is 5.82 Å². The molecule has 1 amide bonds. The van der Waals surface area contributed by atoms with Gasteiger partial charge in [-0.25, -0.2) is 9.18 Å². The van der Waals surface area contributed by atoms with Crippen molar-refractivity contribution in [3.05, 3.63) is 63.9 Å². The van der Waals surface area contributed by atoms with Crippen LogP contribution in [0.15, 0.2) is 46.9 Å². The van der Waals surface area contributed by atoms with E-state index in [-0.39, 0.29) is 12.1 Å². The van der Waals surface area contributed by atoms with E-state index >= 15 is 0 Å². The highest BCUT2D eigenvalue weighted by atomic mass is 79.9. The summed E-state index contributed by atoms with van der Waals surface area (Å²) in [6.07, 6.45) is 0. The molecule has 24 heavy (non-hydrogen) atoms. The molecule has 0 saturated heterocycles. The zero-order chi connectivity index (χ0) is 17.5. The number of rotatable bonds is 6. The summed E-state index contributed by atoms with van der Waals surface area (Å²) in [6.45, 7) is -0.224. The molecule has 0 unspecified atom stereocenters. The largest absolute Gasteiger partial charge is 0.497 e. The second-order valence-corrected chi connectivity index (χ2v) is 5.74. The maximum Gasteiger partial charge on any atom is 0.341 e. The fourth-order valence-corrected chi connectivity index (χ4v) is 2.23. The van der Waals surface area contributed by atoms with Gasteiger partial charge in [0.15, 0.2) is 6.61 Å². The zero-order valence-electron chi connectivity index (χ0n) is 12.8. The summed E-state index contributed by atoms with van der Waals surface area (Å²) in [7, 11) is 1.55. The van der Waals surface area contributed by atoms with Crippen molar-refractivity contribution in [3.63, 3.8) is 0 Å². The number of hydrogen-bond acceptors (Lipinski definition) is 4. The summed E-state index contributed by atoms with van der Waals surface area (Å²) in [4.78, 5) is 23.5. The first kappa shape index (κ1) is 17.9. The predicted octanol–water partition coefficient (Wildman–Crippen LogP) is 3.07. The molecular weight excluding hydrogens is 381 g/mol. The predicted molar refractivity (Wildman–Crippen MR) is 89.2 cm³/mol. The minimum Gasteiger partial charge on any atom is -0.497 e. The van der Waals surface area contributed by atoms with Crippen molar-refractivity contribution in [1.29, 1.82) is 0 Å². The van der Waals surface area contributed by atoms with E-state index in [1.54, 1.807) is 25.3 Å². The SMILES string of the molecule is COc1cccc(CNC(=O)COC(=O)c2ccc(Br)cc2F)c1. The van der Waals surface area contributed by atoms with Gasteiger partial charge < -0.3 is 14.8 Å². The minimum atomic E-state index is -0.892. The van der Waals surface area contributed by atoms with Gasteiger partial charge in [-0.1, -0.05) is 28.1 Å². The van der Waals surface area contributed by atoms with Gasteiger partial charge in [0, 0.05) is 11.0 Å². The Morgan fingerprint density at radius 3 is 2.71 bits per heavy atom. The lowest BCUT2D eigenvalue weighted by Gasteiger charge is -2.08. The van der Waals surface area contributed by atoms with E-state index in [1.165, 1.54) is 12.1 Å². The maximum atomic E-state index is 13.6. The third-order valence-electron chi connectivity index (χ3n) is 3.11. The van der Waals surface area contributed by atoms with Crippen LogP contribution in [0.25, 0.3) is 0 Å². The van der Waals surface area contributed by atoms with Gasteiger partial charge >= 0.3 is 5.97 Å². The second-order valence-electron chi connectivity index (χ2n) is 4.83. The van der Waals surface area contributed by atoms with Gasteiger partial charge in [0.2, 0.25) is 0 Å². The molecule has 0 aromatic heterocycles. The highest BCUT2D eigenvalue weighted by Crippen LogP contribution is 2.16. The number of nitrogens with one attached hydrogen (secondary N) is 1. The smallest absolute Gasteiger partial charge is 0.341 e. The van der Waals surface area contributed by atoms with E-state index in [4.69, 9.17) is 9.47 Å². The highest BCUT2D eigenvalue weighted by molar-refractivity contribution is 9.10. The monoisotopic (exact) mass is 395 g/mol. The van der Waals surface area contributed by atoms with Crippen LogP contribution in [-0.4, -0.2) is 25.6 Å². The van der Waals surface area contributed by atoms with Crippen LogP contribution in [0.4, 0.5) is 4.39 Å². The van der Waals surface area contributed by atoms with E-state index in [0.29, 0.717) is 10.2 Å². The van der Waals surface area contributed by atoms with Gasteiger partial charge in [-0.2, -0.15) is 0 Å². The molecule has 1 N–H and O–H groups in total. The Labute approximate surface area is 146 Å². The molecule has 0 fully saturated rings. The number of esters is 1. The Bertz CT molecular complexity index is 751. The number of hydrogen-bond donors (Lipinski definition) is 1. The molecule has 7 heteroatoms. The average molecular weight is 396 g/mol. The number of carbonyl (C=O) groups excluding carboxylic acids is 2. The molecule has 126 valence electrons.